The molecule has 0 saturated carbocycles. The SMILES string of the molecule is CC(NC(=O)/C(=C/c1ccc([N+](=O)[O-])cc1)NC(=O)c1ccc(Br)o1)C(=O)O. The minimum absolute atomic E-state index is 0.0828. The molecule has 146 valence electrons. The molecule has 1 atom stereocenters. The minimum Gasteiger partial charge on any atom is -0.480 e. The number of carboxylic acids is 1. The Balaban J connectivity index is 2.31. The Labute approximate surface area is 166 Å². The van der Waals surface area contributed by atoms with Crippen molar-refractivity contribution in [3.63, 3.8) is 0 Å². The number of hydrogen-bond donors (Lipinski definition) is 3. The molecule has 0 spiro atoms. The number of hydrogen-bond acceptors (Lipinski definition) is 6. The zero-order valence-electron chi connectivity index (χ0n) is 14.3. The average Bonchev–Trinajstić information content (AvgIpc) is 3.07. The lowest BCUT2D eigenvalue weighted by Gasteiger charge is -2.13. The number of rotatable bonds is 7. The molecule has 1 aromatic carbocycles. The first kappa shape index (κ1) is 20.8. The van der Waals surface area contributed by atoms with Crippen LogP contribution in [-0.2, 0) is 9.59 Å². The average molecular weight is 452 g/mol. The van der Waals surface area contributed by atoms with Gasteiger partial charge in [-0.2, -0.15) is 0 Å². The Morgan fingerprint density at radius 2 is 1.86 bits per heavy atom. The van der Waals surface area contributed by atoms with Gasteiger partial charge in [-0.3, -0.25) is 24.5 Å². The number of furan rings is 1. The van der Waals surface area contributed by atoms with Crippen LogP contribution < -0.4 is 10.6 Å². The Morgan fingerprint density at radius 3 is 2.36 bits per heavy atom. The molecule has 1 unspecified atom stereocenters. The molecule has 0 aliphatic rings. The monoisotopic (exact) mass is 451 g/mol. The minimum atomic E-state index is -1.26. The van der Waals surface area contributed by atoms with E-state index < -0.39 is 28.7 Å². The van der Waals surface area contributed by atoms with Gasteiger partial charge in [0, 0.05) is 12.1 Å². The summed E-state index contributed by atoms with van der Waals surface area (Å²) < 4.78 is 5.42. The third-order valence-corrected chi connectivity index (χ3v) is 3.85. The van der Waals surface area contributed by atoms with Crippen LogP contribution in [0.5, 0.6) is 0 Å². The summed E-state index contributed by atoms with van der Waals surface area (Å²) in [5.41, 5.74) is -0.0359. The molecule has 10 nitrogen and oxygen atoms in total. The number of amides is 2. The number of aliphatic carboxylic acids is 1. The van der Waals surface area contributed by atoms with Crippen LogP contribution in [0, 0.1) is 10.1 Å². The Morgan fingerprint density at radius 1 is 1.21 bits per heavy atom. The molecule has 2 aromatic rings. The Bertz CT molecular complexity index is 950. The zero-order valence-corrected chi connectivity index (χ0v) is 15.9. The maximum absolute atomic E-state index is 12.4. The molecule has 2 rings (SSSR count). The third-order valence-electron chi connectivity index (χ3n) is 3.42. The van der Waals surface area contributed by atoms with Gasteiger partial charge in [0.05, 0.1) is 4.92 Å². The number of benzene rings is 1. The van der Waals surface area contributed by atoms with Gasteiger partial charge in [-0.25, -0.2) is 0 Å². The highest BCUT2D eigenvalue weighted by atomic mass is 79.9. The molecular formula is C17H14BrN3O7. The van der Waals surface area contributed by atoms with E-state index in [1.165, 1.54) is 49.4 Å². The van der Waals surface area contributed by atoms with E-state index in [0.29, 0.717) is 10.2 Å². The quantitative estimate of drug-likeness (QED) is 0.331. The first-order chi connectivity index (χ1) is 13.2. The van der Waals surface area contributed by atoms with Crippen LogP contribution >= 0.6 is 15.9 Å². The molecule has 0 aliphatic carbocycles. The molecule has 11 heteroatoms. The summed E-state index contributed by atoms with van der Waals surface area (Å²) in [4.78, 5) is 45.8. The van der Waals surface area contributed by atoms with Gasteiger partial charge in [0.15, 0.2) is 10.4 Å². The molecule has 0 aliphatic heterocycles. The van der Waals surface area contributed by atoms with Crippen LogP contribution in [0.15, 0.2) is 51.2 Å². The molecule has 2 amide bonds. The van der Waals surface area contributed by atoms with Crippen molar-refractivity contribution in [2.45, 2.75) is 13.0 Å². The van der Waals surface area contributed by atoms with E-state index in [9.17, 15) is 24.5 Å². The lowest BCUT2D eigenvalue weighted by atomic mass is 10.1. The molecule has 0 fully saturated rings. The van der Waals surface area contributed by atoms with Crippen LogP contribution in [0.25, 0.3) is 6.08 Å². The number of carbonyl (C=O) groups is 3. The number of nitro groups is 1. The second kappa shape index (κ2) is 8.95. The Kier molecular flexibility index (Phi) is 6.66. The summed E-state index contributed by atoms with van der Waals surface area (Å²) >= 11 is 3.06. The van der Waals surface area contributed by atoms with Crippen LogP contribution in [-0.4, -0.2) is 33.9 Å². The fraction of sp³-hybridized carbons (Fsp3) is 0.118. The maximum atomic E-state index is 12.4. The summed E-state index contributed by atoms with van der Waals surface area (Å²) in [6.45, 7) is 1.26. The van der Waals surface area contributed by atoms with E-state index in [-0.39, 0.29) is 17.1 Å². The second-order valence-corrected chi connectivity index (χ2v) is 6.28. The van der Waals surface area contributed by atoms with Gasteiger partial charge < -0.3 is 20.2 Å². The summed E-state index contributed by atoms with van der Waals surface area (Å²) in [6.07, 6.45) is 1.25. The van der Waals surface area contributed by atoms with Crippen molar-refractivity contribution >= 4 is 45.5 Å². The molecule has 0 bridgehead atoms. The van der Waals surface area contributed by atoms with Crippen molar-refractivity contribution in [3.05, 3.63) is 68.2 Å². The van der Waals surface area contributed by atoms with Gasteiger partial charge in [-0.1, -0.05) is 0 Å². The fourth-order valence-corrected chi connectivity index (χ4v) is 2.28. The molecule has 1 heterocycles. The van der Waals surface area contributed by atoms with Crippen LogP contribution in [0.4, 0.5) is 5.69 Å². The lowest BCUT2D eigenvalue weighted by Crippen LogP contribution is -2.42. The van der Waals surface area contributed by atoms with E-state index in [1.807, 2.05) is 0 Å². The van der Waals surface area contributed by atoms with Crippen molar-refractivity contribution in [2.75, 3.05) is 0 Å². The van der Waals surface area contributed by atoms with E-state index in [1.54, 1.807) is 0 Å². The second-order valence-electron chi connectivity index (χ2n) is 5.50. The molecule has 0 saturated heterocycles. The highest BCUT2D eigenvalue weighted by molar-refractivity contribution is 9.10. The number of non-ortho nitro benzene ring substituents is 1. The van der Waals surface area contributed by atoms with Crippen LogP contribution in [0.3, 0.4) is 0 Å². The lowest BCUT2D eigenvalue weighted by molar-refractivity contribution is -0.384. The van der Waals surface area contributed by atoms with Crippen LogP contribution in [0.1, 0.15) is 23.0 Å². The highest BCUT2D eigenvalue weighted by Gasteiger charge is 2.21. The summed E-state index contributed by atoms with van der Waals surface area (Å²) in [5.74, 6) is -2.94. The molecule has 3 N–H and O–H groups in total. The number of carbonyl (C=O) groups excluding carboxylic acids is 2. The Hall–Kier alpha value is -3.47. The van der Waals surface area contributed by atoms with E-state index in [0.717, 1.165) is 0 Å². The zero-order chi connectivity index (χ0) is 20.8. The number of nitrogens with one attached hydrogen (secondary N) is 2. The standard InChI is InChI=1S/C17H14BrN3O7/c1-9(17(24)25)19-15(22)12(20-16(23)13-6-7-14(18)28-13)8-10-2-4-11(5-3-10)21(26)27/h2-9H,1H3,(H,19,22)(H,20,23)(H,24,25)/b12-8-. The van der Waals surface area contributed by atoms with Crippen molar-refractivity contribution in [1.82, 2.24) is 10.6 Å². The number of halogens is 1. The van der Waals surface area contributed by atoms with Gasteiger partial charge >= 0.3 is 5.97 Å². The van der Waals surface area contributed by atoms with E-state index in [4.69, 9.17) is 9.52 Å². The van der Waals surface area contributed by atoms with Gasteiger partial charge in [0.25, 0.3) is 17.5 Å². The van der Waals surface area contributed by atoms with E-state index in [2.05, 4.69) is 26.6 Å². The highest BCUT2D eigenvalue weighted by Crippen LogP contribution is 2.16. The predicted octanol–water partition coefficient (Wildman–Crippen LogP) is 2.31. The first-order valence-corrected chi connectivity index (χ1v) is 8.53. The summed E-state index contributed by atoms with van der Waals surface area (Å²) in [6, 6.07) is 6.87. The topological polar surface area (TPSA) is 152 Å². The number of carboxylic acid groups (broad SMARTS) is 1. The van der Waals surface area contributed by atoms with Gasteiger partial charge in [0.1, 0.15) is 11.7 Å². The normalized spacial score (nSPS) is 12.1. The van der Waals surface area contributed by atoms with E-state index >= 15 is 0 Å². The maximum Gasteiger partial charge on any atom is 0.325 e. The fourth-order valence-electron chi connectivity index (χ4n) is 1.97. The third kappa shape index (κ3) is 5.51. The van der Waals surface area contributed by atoms with Gasteiger partial charge in [0.2, 0.25) is 0 Å². The van der Waals surface area contributed by atoms with Crippen molar-refractivity contribution in [3.8, 4) is 0 Å². The molecular weight excluding hydrogens is 438 g/mol. The predicted molar refractivity (Wildman–Crippen MR) is 100 cm³/mol. The number of nitrogens with zero attached hydrogens (tertiary/aromatic N) is 1. The first-order valence-electron chi connectivity index (χ1n) is 7.74. The molecule has 28 heavy (non-hydrogen) atoms. The largest absolute Gasteiger partial charge is 0.480 e. The van der Waals surface area contributed by atoms with Crippen LogP contribution in [0.2, 0.25) is 0 Å². The van der Waals surface area contributed by atoms with Gasteiger partial charge in [-0.15, -0.1) is 0 Å². The molecule has 1 aromatic heterocycles. The van der Waals surface area contributed by atoms with Crippen molar-refractivity contribution in [1.29, 1.82) is 0 Å². The summed E-state index contributed by atoms with van der Waals surface area (Å²) in [5, 5.41) is 24.2. The van der Waals surface area contributed by atoms with Gasteiger partial charge in [-0.05, 0) is 58.8 Å². The molecule has 0 radical (unpaired) electrons. The smallest absolute Gasteiger partial charge is 0.325 e. The van der Waals surface area contributed by atoms with Crippen molar-refractivity contribution in [2.24, 2.45) is 0 Å². The number of nitro benzene ring substituents is 1. The van der Waals surface area contributed by atoms with Crippen molar-refractivity contribution < 1.29 is 28.8 Å². The summed E-state index contributed by atoms with van der Waals surface area (Å²) in [7, 11) is 0.